The van der Waals surface area contributed by atoms with E-state index in [1.54, 1.807) is 6.07 Å². The molecule has 3 aromatic rings. The maximum absolute atomic E-state index is 14.0. The minimum absolute atomic E-state index is 0.00411. The first-order valence-corrected chi connectivity index (χ1v) is 15.9. The zero-order valence-corrected chi connectivity index (χ0v) is 26.5. The molecule has 2 aliphatic rings. The van der Waals surface area contributed by atoms with Gasteiger partial charge in [-0.1, -0.05) is 80.9 Å². The third-order valence-electron chi connectivity index (χ3n) is 8.76. The van der Waals surface area contributed by atoms with Gasteiger partial charge in [-0.15, -0.1) is 0 Å². The number of nitrogens with one attached hydrogen (secondary N) is 4. The number of benzene rings is 2. The van der Waals surface area contributed by atoms with Crippen LogP contribution >= 0.6 is 0 Å². The van der Waals surface area contributed by atoms with Crippen molar-refractivity contribution < 1.29 is 29.1 Å². The molecule has 0 saturated carbocycles. The molecule has 5 amide bonds. The molecule has 0 spiro atoms. The summed E-state index contributed by atoms with van der Waals surface area (Å²) in [5, 5.41) is 26.0. The fraction of sp³-hybridized carbons (Fsp3) is 0.412. The van der Waals surface area contributed by atoms with Crippen LogP contribution in [-0.4, -0.2) is 105 Å². The van der Waals surface area contributed by atoms with Crippen LogP contribution in [0, 0.1) is 5.92 Å². The van der Waals surface area contributed by atoms with Crippen LogP contribution in [0.4, 0.5) is 0 Å². The molecule has 2 aliphatic heterocycles. The van der Waals surface area contributed by atoms with Gasteiger partial charge < -0.3 is 30.9 Å². The number of fused-ring (bicyclic) bond motifs is 1. The molecule has 3 heterocycles. The maximum Gasteiger partial charge on any atom is 0.272 e. The van der Waals surface area contributed by atoms with Crippen molar-refractivity contribution in [1.82, 2.24) is 35.9 Å². The van der Waals surface area contributed by atoms with E-state index in [1.165, 1.54) is 9.80 Å². The average molecular weight is 644 g/mol. The van der Waals surface area contributed by atoms with Crippen LogP contribution in [0.1, 0.15) is 42.7 Å². The summed E-state index contributed by atoms with van der Waals surface area (Å²) in [5.41, 5.74) is 2.31. The number of carbonyl (C=O) groups is 5. The molecule has 0 unspecified atom stereocenters. The summed E-state index contributed by atoms with van der Waals surface area (Å²) < 4.78 is 0. The predicted octanol–water partition coefficient (Wildman–Crippen LogP) is 0.869. The topological polar surface area (TPSA) is 177 Å². The van der Waals surface area contributed by atoms with Gasteiger partial charge in [0.15, 0.2) is 0 Å². The molecule has 2 fully saturated rings. The highest BCUT2D eigenvalue weighted by Crippen LogP contribution is 2.23. The second-order valence-electron chi connectivity index (χ2n) is 12.1. The Morgan fingerprint density at radius 1 is 1.00 bits per heavy atom. The highest BCUT2D eigenvalue weighted by molar-refractivity contribution is 5.98. The van der Waals surface area contributed by atoms with Crippen LogP contribution in [0.15, 0.2) is 66.7 Å². The van der Waals surface area contributed by atoms with E-state index in [1.807, 2.05) is 74.5 Å². The van der Waals surface area contributed by atoms with Crippen LogP contribution in [0.3, 0.4) is 0 Å². The van der Waals surface area contributed by atoms with Gasteiger partial charge in [0.2, 0.25) is 23.6 Å². The number of carbonyl (C=O) groups excluding carboxylic acids is 5. The maximum atomic E-state index is 14.0. The summed E-state index contributed by atoms with van der Waals surface area (Å²) in [5.74, 6) is -2.98. The van der Waals surface area contributed by atoms with E-state index in [0.29, 0.717) is 12.1 Å². The number of nitrogens with zero attached hydrogens (tertiary/aromatic N) is 3. The highest BCUT2D eigenvalue weighted by Gasteiger charge is 2.43. The molecule has 2 aromatic carbocycles. The van der Waals surface area contributed by atoms with Crippen molar-refractivity contribution in [2.45, 2.75) is 57.3 Å². The third kappa shape index (κ3) is 8.04. The van der Waals surface area contributed by atoms with Gasteiger partial charge in [-0.3, -0.25) is 29.1 Å². The number of aliphatic hydroxyl groups is 1. The van der Waals surface area contributed by atoms with Gasteiger partial charge in [0.25, 0.3) is 5.91 Å². The van der Waals surface area contributed by atoms with Crippen molar-refractivity contribution in [2.75, 3.05) is 26.2 Å². The lowest BCUT2D eigenvalue weighted by Crippen LogP contribution is -2.58. The lowest BCUT2D eigenvalue weighted by atomic mass is 9.97. The Hall–Kier alpha value is -5.04. The molecule has 5 N–H and O–H groups in total. The van der Waals surface area contributed by atoms with Crippen LogP contribution in [0.2, 0.25) is 0 Å². The molecule has 0 bridgehead atoms. The second-order valence-corrected chi connectivity index (χ2v) is 12.1. The summed E-state index contributed by atoms with van der Waals surface area (Å²) in [6.07, 6.45) is -0.237. The van der Waals surface area contributed by atoms with E-state index in [0.717, 1.165) is 11.1 Å². The summed E-state index contributed by atoms with van der Waals surface area (Å²) >= 11 is 0. The van der Waals surface area contributed by atoms with Crippen molar-refractivity contribution in [1.29, 1.82) is 0 Å². The summed E-state index contributed by atoms with van der Waals surface area (Å²) in [6.45, 7) is 3.16. The molecular formula is C34H41N7O6. The van der Waals surface area contributed by atoms with E-state index in [-0.39, 0.29) is 44.1 Å². The van der Waals surface area contributed by atoms with Gasteiger partial charge >= 0.3 is 0 Å². The van der Waals surface area contributed by atoms with E-state index in [2.05, 4.69) is 26.1 Å². The fourth-order valence-corrected chi connectivity index (χ4v) is 5.94. The van der Waals surface area contributed by atoms with Crippen molar-refractivity contribution in [2.24, 2.45) is 5.92 Å². The Labute approximate surface area is 273 Å². The van der Waals surface area contributed by atoms with E-state index < -0.39 is 60.3 Å². The van der Waals surface area contributed by atoms with Gasteiger partial charge in [-0.05, 0) is 17.5 Å². The largest absolute Gasteiger partial charge is 0.391 e. The Morgan fingerprint density at radius 3 is 2.40 bits per heavy atom. The zero-order chi connectivity index (χ0) is 33.5. The van der Waals surface area contributed by atoms with Crippen LogP contribution in [0.5, 0.6) is 0 Å². The van der Waals surface area contributed by atoms with E-state index in [4.69, 9.17) is 0 Å². The average Bonchev–Trinajstić information content (AvgIpc) is 3.73. The molecule has 47 heavy (non-hydrogen) atoms. The molecule has 0 aliphatic carbocycles. The van der Waals surface area contributed by atoms with Gasteiger partial charge in [-0.25, -0.2) is 0 Å². The molecular weight excluding hydrogens is 602 g/mol. The number of hydrogen-bond acceptors (Lipinski definition) is 7. The summed E-state index contributed by atoms with van der Waals surface area (Å²) in [4.78, 5) is 70.9. The van der Waals surface area contributed by atoms with Gasteiger partial charge in [0, 0.05) is 38.0 Å². The van der Waals surface area contributed by atoms with Crippen LogP contribution in [0.25, 0.3) is 11.3 Å². The lowest BCUT2D eigenvalue weighted by molar-refractivity contribution is -0.143. The fourth-order valence-electron chi connectivity index (χ4n) is 5.94. The van der Waals surface area contributed by atoms with Crippen LogP contribution in [-0.2, 0) is 25.6 Å². The number of H-pyrrole nitrogens is 1. The van der Waals surface area contributed by atoms with Crippen molar-refractivity contribution in [3.63, 3.8) is 0 Å². The number of hydrogen-bond donors (Lipinski definition) is 5. The first-order valence-electron chi connectivity index (χ1n) is 15.9. The van der Waals surface area contributed by atoms with Crippen LogP contribution < -0.4 is 16.0 Å². The first kappa shape index (κ1) is 33.3. The molecule has 1 aromatic heterocycles. The van der Waals surface area contributed by atoms with Crippen molar-refractivity contribution >= 4 is 29.5 Å². The Kier molecular flexibility index (Phi) is 10.7. The van der Waals surface area contributed by atoms with E-state index >= 15 is 0 Å². The number of aromatic nitrogens is 2. The third-order valence-corrected chi connectivity index (χ3v) is 8.76. The molecule has 13 heteroatoms. The summed E-state index contributed by atoms with van der Waals surface area (Å²) in [7, 11) is 0. The number of aromatic amines is 1. The highest BCUT2D eigenvalue weighted by atomic mass is 16.3. The molecule has 5 rings (SSSR count). The Bertz CT molecular complexity index is 1580. The number of amides is 5. The smallest absolute Gasteiger partial charge is 0.272 e. The Morgan fingerprint density at radius 2 is 1.70 bits per heavy atom. The molecule has 2 saturated heterocycles. The van der Waals surface area contributed by atoms with Crippen molar-refractivity contribution in [3.05, 3.63) is 78.0 Å². The normalized spacial score (nSPS) is 23.6. The van der Waals surface area contributed by atoms with E-state index in [9.17, 15) is 29.1 Å². The second kappa shape index (κ2) is 15.0. The number of rotatable bonds is 6. The standard InChI is InChI=1S/C34H41N7O6/c1-3-21(2)30-34(47)41-19-24(42)17-28(41)32(45)36-26(16-22-10-6-4-7-11-22)31(44)35-14-15-40(20-29(43)37-30)33(46)27-18-25(38-39-27)23-12-8-5-9-13-23/h4-13,18,21,24,26,28,30,42H,3,14-17,19-20H2,1-2H3,(H,35,44)(H,36,45)(H,37,43)(H,38,39)/t21-,24+,26-,28-,30-/m0/s1. The number of aliphatic hydroxyl groups excluding tert-OH is 1. The van der Waals surface area contributed by atoms with Gasteiger partial charge in [0.05, 0.1) is 18.3 Å². The first-order chi connectivity index (χ1) is 22.6. The zero-order valence-electron chi connectivity index (χ0n) is 26.5. The predicted molar refractivity (Wildman–Crippen MR) is 173 cm³/mol. The van der Waals surface area contributed by atoms with Crippen molar-refractivity contribution in [3.8, 4) is 11.3 Å². The quantitative estimate of drug-likeness (QED) is 0.265. The molecule has 0 radical (unpaired) electrons. The van der Waals surface area contributed by atoms with Gasteiger partial charge in [-0.2, -0.15) is 5.10 Å². The molecule has 248 valence electrons. The van der Waals surface area contributed by atoms with Gasteiger partial charge in [0.1, 0.15) is 23.8 Å². The minimum atomic E-state index is -1.03. The minimum Gasteiger partial charge on any atom is -0.391 e. The molecule has 5 atom stereocenters. The Balaban J connectivity index is 1.45. The lowest BCUT2D eigenvalue weighted by Gasteiger charge is -2.32. The monoisotopic (exact) mass is 643 g/mol. The summed E-state index contributed by atoms with van der Waals surface area (Å²) in [6, 6.07) is 17.0. The molecule has 13 nitrogen and oxygen atoms in total. The SMILES string of the molecule is CC[C@H](C)[C@@H]1NC(=O)CN(C(=O)c2cc(-c3ccccc3)n[nH]2)CCNC(=O)[C@H](Cc2ccccc2)NC(=O)[C@@H]2C[C@@H](O)CN2C1=O.